The summed E-state index contributed by atoms with van der Waals surface area (Å²) in [5.41, 5.74) is 1.66. The third-order valence-corrected chi connectivity index (χ3v) is 4.13. The van der Waals surface area contributed by atoms with E-state index in [-0.39, 0.29) is 23.4 Å². The van der Waals surface area contributed by atoms with Crippen LogP contribution >= 0.6 is 0 Å². The van der Waals surface area contributed by atoms with Crippen molar-refractivity contribution >= 4 is 16.9 Å². The van der Waals surface area contributed by atoms with Gasteiger partial charge in [0.25, 0.3) is 0 Å². The summed E-state index contributed by atoms with van der Waals surface area (Å²) in [4.78, 5) is 24.8. The number of aromatic hydroxyl groups is 1. The molecule has 3 aromatic rings. The predicted octanol–water partition coefficient (Wildman–Crippen LogP) is 1.76. The molecule has 0 radical (unpaired) electrons. The van der Waals surface area contributed by atoms with Gasteiger partial charge in [-0.1, -0.05) is 18.2 Å². The number of phenolic OH excluding ortho intramolecular Hbond substituents is 1. The van der Waals surface area contributed by atoms with E-state index in [1.165, 1.54) is 24.3 Å². The van der Waals surface area contributed by atoms with Crippen LogP contribution in [0.25, 0.3) is 10.9 Å². The number of H-pyrrole nitrogens is 1. The molecule has 0 aliphatic carbocycles. The van der Waals surface area contributed by atoms with E-state index < -0.39 is 12.1 Å². The zero-order valence-electron chi connectivity index (χ0n) is 13.8. The third kappa shape index (κ3) is 3.74. The van der Waals surface area contributed by atoms with Crippen LogP contribution in [0.5, 0.6) is 5.75 Å². The second-order valence-corrected chi connectivity index (χ2v) is 5.93. The number of hydrogen-bond acceptors (Lipinski definition) is 5. The fraction of sp³-hybridized carbons (Fsp3) is 0.158. The Kier molecular flexibility index (Phi) is 5.01. The second kappa shape index (κ2) is 7.38. The number of aromatic nitrogens is 1. The molecule has 1 atom stereocenters. The first kappa shape index (κ1) is 17.7. The summed E-state index contributed by atoms with van der Waals surface area (Å²) in [7, 11) is 0. The summed E-state index contributed by atoms with van der Waals surface area (Å²) in [5, 5.41) is 32.9. The van der Waals surface area contributed by atoms with Crippen molar-refractivity contribution in [2.75, 3.05) is 6.54 Å². The lowest BCUT2D eigenvalue weighted by molar-refractivity contribution is 0.0697. The van der Waals surface area contributed by atoms with Gasteiger partial charge < -0.3 is 25.6 Å². The van der Waals surface area contributed by atoms with Gasteiger partial charge in [-0.15, -0.1) is 0 Å². The molecule has 0 saturated carbocycles. The molecule has 7 heteroatoms. The highest BCUT2D eigenvalue weighted by Crippen LogP contribution is 2.28. The van der Waals surface area contributed by atoms with Gasteiger partial charge in [-0.2, -0.15) is 0 Å². The molecule has 5 N–H and O–H groups in total. The van der Waals surface area contributed by atoms with Gasteiger partial charge in [0.05, 0.1) is 17.2 Å². The Hall–Kier alpha value is -3.16. The quantitative estimate of drug-likeness (QED) is 0.460. The van der Waals surface area contributed by atoms with Gasteiger partial charge in [-0.3, -0.25) is 4.79 Å². The number of carboxylic acid groups (broad SMARTS) is 1. The average Bonchev–Trinajstić information content (AvgIpc) is 2.62. The Morgan fingerprint density at radius 2 is 1.81 bits per heavy atom. The number of phenols is 1. The number of aliphatic hydroxyl groups excluding tert-OH is 1. The van der Waals surface area contributed by atoms with Crippen molar-refractivity contribution in [2.45, 2.75) is 12.6 Å². The number of aliphatic hydroxyl groups is 1. The number of pyridine rings is 1. The van der Waals surface area contributed by atoms with Crippen molar-refractivity contribution in [3.8, 4) is 5.75 Å². The molecule has 7 nitrogen and oxygen atoms in total. The molecule has 26 heavy (non-hydrogen) atoms. The zero-order chi connectivity index (χ0) is 18.7. The molecule has 1 aromatic heterocycles. The molecule has 134 valence electrons. The molecule has 0 unspecified atom stereocenters. The molecule has 0 saturated heterocycles. The van der Waals surface area contributed by atoms with Crippen molar-refractivity contribution in [1.82, 2.24) is 10.3 Å². The van der Waals surface area contributed by atoms with E-state index in [4.69, 9.17) is 5.11 Å². The molecule has 0 bridgehead atoms. The van der Waals surface area contributed by atoms with Gasteiger partial charge in [0.2, 0.25) is 5.56 Å². The number of aromatic carboxylic acids is 1. The second-order valence-electron chi connectivity index (χ2n) is 5.93. The van der Waals surface area contributed by atoms with Crippen molar-refractivity contribution in [3.05, 3.63) is 75.6 Å². The molecular formula is C19H18N2O5. The first-order valence-corrected chi connectivity index (χ1v) is 8.01. The van der Waals surface area contributed by atoms with Crippen LogP contribution < -0.4 is 10.9 Å². The highest BCUT2D eigenvalue weighted by Gasteiger charge is 2.13. The molecule has 0 spiro atoms. The topological polar surface area (TPSA) is 123 Å². The van der Waals surface area contributed by atoms with Gasteiger partial charge in [0.1, 0.15) is 5.75 Å². The van der Waals surface area contributed by atoms with E-state index in [1.807, 2.05) is 0 Å². The molecule has 0 fully saturated rings. The number of carboxylic acids is 1. The van der Waals surface area contributed by atoms with E-state index in [9.17, 15) is 19.8 Å². The van der Waals surface area contributed by atoms with Crippen LogP contribution in [0.4, 0.5) is 0 Å². The molecule has 0 aliphatic heterocycles. The first-order valence-electron chi connectivity index (χ1n) is 8.01. The maximum atomic E-state index is 11.4. The molecule has 0 aliphatic rings. The normalized spacial score (nSPS) is 12.2. The molecule has 0 amide bonds. The minimum Gasteiger partial charge on any atom is -0.506 e. The summed E-state index contributed by atoms with van der Waals surface area (Å²) in [6, 6.07) is 12.4. The van der Waals surface area contributed by atoms with E-state index in [1.54, 1.807) is 24.3 Å². The van der Waals surface area contributed by atoms with E-state index >= 15 is 0 Å². The summed E-state index contributed by atoms with van der Waals surface area (Å²) < 4.78 is 0. The van der Waals surface area contributed by atoms with Crippen molar-refractivity contribution in [3.63, 3.8) is 0 Å². The standard InChI is InChI=1S/C19H18N2O5/c22-15-7-5-13(14-6-8-17(24)21-18(14)15)16(23)10-20-9-11-1-3-12(4-2-11)19(25)26/h1-8,16,20,22-23H,9-10H2,(H,21,24)(H,25,26)/t16-/m0/s1. The number of rotatable bonds is 6. The predicted molar refractivity (Wildman–Crippen MR) is 96.3 cm³/mol. The first-order chi connectivity index (χ1) is 12.5. The Morgan fingerprint density at radius 3 is 2.50 bits per heavy atom. The van der Waals surface area contributed by atoms with Crippen LogP contribution in [0, 0.1) is 0 Å². The molecular weight excluding hydrogens is 336 g/mol. The van der Waals surface area contributed by atoms with E-state index in [2.05, 4.69) is 10.3 Å². The number of nitrogens with one attached hydrogen (secondary N) is 2. The van der Waals surface area contributed by atoms with E-state index in [0.717, 1.165) is 5.56 Å². The SMILES string of the molecule is O=C(O)c1ccc(CNC[C@H](O)c2ccc(O)c3[nH]c(=O)ccc23)cc1. The number of fused-ring (bicyclic) bond motifs is 1. The Balaban J connectivity index is 1.69. The number of benzene rings is 2. The Labute approximate surface area is 148 Å². The van der Waals surface area contributed by atoms with Crippen molar-refractivity contribution in [2.24, 2.45) is 0 Å². The van der Waals surface area contributed by atoms with Crippen molar-refractivity contribution < 1.29 is 20.1 Å². The third-order valence-electron chi connectivity index (χ3n) is 4.13. The van der Waals surface area contributed by atoms with Crippen LogP contribution in [0.3, 0.4) is 0 Å². The fourth-order valence-corrected chi connectivity index (χ4v) is 2.78. The van der Waals surface area contributed by atoms with Gasteiger partial charge in [-0.05, 0) is 35.4 Å². The lowest BCUT2D eigenvalue weighted by Gasteiger charge is -2.15. The maximum absolute atomic E-state index is 11.4. The Morgan fingerprint density at radius 1 is 1.08 bits per heavy atom. The summed E-state index contributed by atoms with van der Waals surface area (Å²) >= 11 is 0. The average molecular weight is 354 g/mol. The van der Waals surface area contributed by atoms with Crippen LogP contribution in [0.15, 0.2) is 53.3 Å². The summed E-state index contributed by atoms with van der Waals surface area (Å²) in [6.07, 6.45) is -0.845. The Bertz CT molecular complexity index is 995. The van der Waals surface area contributed by atoms with Gasteiger partial charge >= 0.3 is 5.97 Å². The van der Waals surface area contributed by atoms with Gasteiger partial charge in [0.15, 0.2) is 0 Å². The highest BCUT2D eigenvalue weighted by atomic mass is 16.4. The molecule has 1 heterocycles. The monoisotopic (exact) mass is 354 g/mol. The van der Waals surface area contributed by atoms with E-state index in [0.29, 0.717) is 23.0 Å². The van der Waals surface area contributed by atoms with Crippen molar-refractivity contribution in [1.29, 1.82) is 0 Å². The zero-order valence-corrected chi connectivity index (χ0v) is 13.8. The minimum absolute atomic E-state index is 0.0554. The fourth-order valence-electron chi connectivity index (χ4n) is 2.78. The number of carbonyl (C=O) groups is 1. The largest absolute Gasteiger partial charge is 0.506 e. The number of aromatic amines is 1. The van der Waals surface area contributed by atoms with Gasteiger partial charge in [0, 0.05) is 24.5 Å². The van der Waals surface area contributed by atoms with Crippen LogP contribution in [-0.4, -0.2) is 32.8 Å². The number of hydrogen-bond donors (Lipinski definition) is 5. The molecule has 2 aromatic carbocycles. The summed E-state index contributed by atoms with van der Waals surface area (Å²) in [6.45, 7) is 0.712. The summed E-state index contributed by atoms with van der Waals surface area (Å²) in [5.74, 6) is -1.03. The lowest BCUT2D eigenvalue weighted by atomic mass is 10.0. The smallest absolute Gasteiger partial charge is 0.335 e. The van der Waals surface area contributed by atoms with Crippen LogP contribution in [0.1, 0.15) is 27.6 Å². The highest BCUT2D eigenvalue weighted by molar-refractivity contribution is 5.88. The minimum atomic E-state index is -0.975. The lowest BCUT2D eigenvalue weighted by Crippen LogP contribution is -2.21. The van der Waals surface area contributed by atoms with Crippen LogP contribution in [0.2, 0.25) is 0 Å². The van der Waals surface area contributed by atoms with Crippen LogP contribution in [-0.2, 0) is 6.54 Å². The molecule has 3 rings (SSSR count). The maximum Gasteiger partial charge on any atom is 0.335 e. The van der Waals surface area contributed by atoms with Gasteiger partial charge in [-0.25, -0.2) is 4.79 Å².